The molecule has 5 nitrogen and oxygen atoms in total. The molecule has 1 aliphatic heterocycles. The minimum atomic E-state index is 0.367. The van der Waals surface area contributed by atoms with Crippen LogP contribution in [0.25, 0.3) is 0 Å². The molecule has 1 fully saturated rings. The summed E-state index contributed by atoms with van der Waals surface area (Å²) in [7, 11) is 1.76. The minimum Gasteiger partial charge on any atom is -0.382 e. The molecular weight excluding hydrogens is 192 g/mol. The maximum atomic E-state index is 5.47. The third kappa shape index (κ3) is 2.64. The first-order chi connectivity index (χ1) is 7.28. The fourth-order valence-corrected chi connectivity index (χ4v) is 1.81. The van der Waals surface area contributed by atoms with Crippen molar-refractivity contribution in [2.45, 2.75) is 19.1 Å². The molecule has 82 valence electrons. The lowest BCUT2D eigenvalue weighted by molar-refractivity contribution is 0.107. The van der Waals surface area contributed by atoms with Gasteiger partial charge in [-0.2, -0.15) is 0 Å². The Morgan fingerprint density at radius 2 is 2.40 bits per heavy atom. The summed E-state index contributed by atoms with van der Waals surface area (Å²) in [6.45, 7) is 2.86. The second-order valence-corrected chi connectivity index (χ2v) is 3.81. The van der Waals surface area contributed by atoms with Crippen molar-refractivity contribution in [3.05, 3.63) is 18.1 Å². The zero-order valence-electron chi connectivity index (χ0n) is 8.89. The summed E-state index contributed by atoms with van der Waals surface area (Å²) in [5.41, 5.74) is 6.43. The van der Waals surface area contributed by atoms with E-state index in [0.29, 0.717) is 11.9 Å². The average Bonchev–Trinajstić information content (AvgIpc) is 2.69. The molecule has 1 aromatic rings. The number of methoxy groups -OCH3 is 1. The second kappa shape index (κ2) is 4.55. The minimum absolute atomic E-state index is 0.367. The molecule has 2 rings (SSSR count). The zero-order chi connectivity index (χ0) is 10.7. The van der Waals surface area contributed by atoms with Gasteiger partial charge in [0.2, 0.25) is 0 Å². The van der Waals surface area contributed by atoms with Crippen LogP contribution in [0.2, 0.25) is 0 Å². The lowest BCUT2D eigenvalue weighted by Crippen LogP contribution is -2.23. The first-order valence-corrected chi connectivity index (χ1v) is 5.09. The van der Waals surface area contributed by atoms with Gasteiger partial charge in [0.25, 0.3) is 0 Å². The van der Waals surface area contributed by atoms with Crippen molar-refractivity contribution in [1.82, 2.24) is 14.9 Å². The van der Waals surface area contributed by atoms with Gasteiger partial charge in [-0.15, -0.1) is 0 Å². The van der Waals surface area contributed by atoms with Gasteiger partial charge in [-0.05, 0) is 6.42 Å². The highest BCUT2D eigenvalue weighted by Gasteiger charge is 2.22. The largest absolute Gasteiger partial charge is 0.382 e. The molecule has 1 aliphatic rings. The maximum absolute atomic E-state index is 5.47. The van der Waals surface area contributed by atoms with E-state index in [1.54, 1.807) is 19.5 Å². The Bertz CT molecular complexity index is 314. The molecule has 2 heterocycles. The Morgan fingerprint density at radius 1 is 1.53 bits per heavy atom. The van der Waals surface area contributed by atoms with Crippen molar-refractivity contribution in [3.63, 3.8) is 0 Å². The molecule has 0 radical (unpaired) electrons. The summed E-state index contributed by atoms with van der Waals surface area (Å²) < 4.78 is 5.30. The van der Waals surface area contributed by atoms with E-state index in [0.717, 1.165) is 31.7 Å². The molecule has 2 N–H and O–H groups in total. The van der Waals surface area contributed by atoms with Gasteiger partial charge in [0.15, 0.2) is 0 Å². The molecule has 15 heavy (non-hydrogen) atoms. The van der Waals surface area contributed by atoms with Crippen LogP contribution in [0.3, 0.4) is 0 Å². The standard InChI is InChI=1S/C10H16N4O/c1-15-9-2-3-14(7-9)6-8-4-13-10(11)5-12-8/h4-5,9H,2-3,6-7H2,1H3,(H2,11,13). The van der Waals surface area contributed by atoms with E-state index in [2.05, 4.69) is 14.9 Å². The molecule has 1 saturated heterocycles. The zero-order valence-corrected chi connectivity index (χ0v) is 8.89. The number of hydrogen-bond donors (Lipinski definition) is 1. The average molecular weight is 208 g/mol. The molecule has 0 saturated carbocycles. The molecular formula is C10H16N4O. The smallest absolute Gasteiger partial charge is 0.141 e. The Balaban J connectivity index is 1.90. The fraction of sp³-hybridized carbons (Fsp3) is 0.600. The van der Waals surface area contributed by atoms with E-state index in [1.165, 1.54) is 0 Å². The molecule has 0 aromatic carbocycles. The quantitative estimate of drug-likeness (QED) is 0.773. The van der Waals surface area contributed by atoms with Gasteiger partial charge in [0, 0.05) is 26.7 Å². The topological polar surface area (TPSA) is 64.3 Å². The Labute approximate surface area is 89.3 Å². The van der Waals surface area contributed by atoms with Crippen LogP contribution in [0.4, 0.5) is 5.82 Å². The van der Waals surface area contributed by atoms with Crippen LogP contribution < -0.4 is 5.73 Å². The van der Waals surface area contributed by atoms with Crippen LogP contribution in [0.15, 0.2) is 12.4 Å². The summed E-state index contributed by atoms with van der Waals surface area (Å²) in [6, 6.07) is 0. The summed E-state index contributed by atoms with van der Waals surface area (Å²) >= 11 is 0. The predicted molar refractivity (Wildman–Crippen MR) is 57.1 cm³/mol. The number of rotatable bonds is 3. The molecule has 5 heteroatoms. The lowest BCUT2D eigenvalue weighted by Gasteiger charge is -2.14. The van der Waals surface area contributed by atoms with Crippen molar-refractivity contribution in [2.75, 3.05) is 25.9 Å². The van der Waals surface area contributed by atoms with Crippen LogP contribution in [0.1, 0.15) is 12.1 Å². The number of nitrogens with two attached hydrogens (primary N) is 1. The first-order valence-electron chi connectivity index (χ1n) is 5.09. The van der Waals surface area contributed by atoms with E-state index in [9.17, 15) is 0 Å². The van der Waals surface area contributed by atoms with Crippen LogP contribution in [0, 0.1) is 0 Å². The SMILES string of the molecule is COC1CCN(Cc2cnc(N)cn2)C1. The summed E-state index contributed by atoms with van der Waals surface area (Å²) in [6.07, 6.45) is 4.79. The van der Waals surface area contributed by atoms with E-state index in [1.807, 2.05) is 0 Å². The highest BCUT2D eigenvalue weighted by molar-refractivity contribution is 5.22. The monoisotopic (exact) mass is 208 g/mol. The number of aromatic nitrogens is 2. The van der Waals surface area contributed by atoms with Crippen molar-refractivity contribution in [2.24, 2.45) is 0 Å². The van der Waals surface area contributed by atoms with Crippen molar-refractivity contribution in [1.29, 1.82) is 0 Å². The van der Waals surface area contributed by atoms with Gasteiger partial charge in [0.1, 0.15) is 5.82 Å². The van der Waals surface area contributed by atoms with Crippen molar-refractivity contribution >= 4 is 5.82 Å². The Kier molecular flexibility index (Phi) is 3.13. The predicted octanol–water partition coefficient (Wildman–Crippen LogP) is 0.279. The number of anilines is 1. The molecule has 1 aromatic heterocycles. The normalized spacial score (nSPS) is 22.1. The van der Waals surface area contributed by atoms with Crippen LogP contribution in [0.5, 0.6) is 0 Å². The van der Waals surface area contributed by atoms with Gasteiger partial charge in [-0.1, -0.05) is 0 Å². The second-order valence-electron chi connectivity index (χ2n) is 3.81. The molecule has 1 atom stereocenters. The molecule has 0 bridgehead atoms. The van der Waals surface area contributed by atoms with Gasteiger partial charge in [-0.25, -0.2) is 4.98 Å². The third-order valence-electron chi connectivity index (χ3n) is 2.67. The van der Waals surface area contributed by atoms with Crippen LogP contribution >= 0.6 is 0 Å². The maximum Gasteiger partial charge on any atom is 0.141 e. The Hall–Kier alpha value is -1.20. The number of nitrogens with zero attached hydrogens (tertiary/aromatic N) is 3. The van der Waals surface area contributed by atoms with E-state index >= 15 is 0 Å². The highest BCUT2D eigenvalue weighted by Crippen LogP contribution is 2.14. The molecule has 1 unspecified atom stereocenters. The van der Waals surface area contributed by atoms with Gasteiger partial charge in [-0.3, -0.25) is 9.88 Å². The van der Waals surface area contributed by atoms with Gasteiger partial charge < -0.3 is 10.5 Å². The number of likely N-dealkylation sites (tertiary alicyclic amines) is 1. The lowest BCUT2D eigenvalue weighted by atomic mass is 10.3. The van der Waals surface area contributed by atoms with Crippen molar-refractivity contribution < 1.29 is 4.74 Å². The van der Waals surface area contributed by atoms with E-state index in [-0.39, 0.29) is 0 Å². The fourth-order valence-electron chi connectivity index (χ4n) is 1.81. The summed E-state index contributed by atoms with van der Waals surface area (Å²) in [5, 5.41) is 0. The Morgan fingerprint density at radius 3 is 3.00 bits per heavy atom. The third-order valence-corrected chi connectivity index (χ3v) is 2.67. The first kappa shape index (κ1) is 10.3. The number of hydrogen-bond acceptors (Lipinski definition) is 5. The van der Waals surface area contributed by atoms with E-state index in [4.69, 9.17) is 10.5 Å². The summed E-state index contributed by atoms with van der Waals surface area (Å²) in [4.78, 5) is 10.6. The van der Waals surface area contributed by atoms with Gasteiger partial charge in [0.05, 0.1) is 24.2 Å². The van der Waals surface area contributed by atoms with Crippen molar-refractivity contribution in [3.8, 4) is 0 Å². The van der Waals surface area contributed by atoms with Crippen LogP contribution in [-0.2, 0) is 11.3 Å². The summed E-state index contributed by atoms with van der Waals surface area (Å²) in [5.74, 6) is 0.468. The highest BCUT2D eigenvalue weighted by atomic mass is 16.5. The van der Waals surface area contributed by atoms with E-state index < -0.39 is 0 Å². The molecule has 0 spiro atoms. The van der Waals surface area contributed by atoms with Crippen LogP contribution in [-0.4, -0.2) is 41.2 Å². The van der Waals surface area contributed by atoms with Gasteiger partial charge >= 0.3 is 0 Å². The number of nitrogen functional groups attached to an aromatic ring is 1. The molecule has 0 amide bonds. The number of ether oxygens (including phenoxy) is 1. The molecule has 0 aliphatic carbocycles.